The number of ketones is 1. The van der Waals surface area contributed by atoms with Gasteiger partial charge in [-0.05, 0) is 25.5 Å². The molecule has 1 aromatic carbocycles. The van der Waals surface area contributed by atoms with E-state index < -0.39 is 0 Å². The highest BCUT2D eigenvalue weighted by Gasteiger charge is 2.17. The fourth-order valence-electron chi connectivity index (χ4n) is 3.09. The minimum atomic E-state index is 0.254. The van der Waals surface area contributed by atoms with Crippen molar-refractivity contribution in [2.75, 3.05) is 39.8 Å². The molecule has 1 heterocycles. The first-order valence-corrected chi connectivity index (χ1v) is 9.22. The number of carbonyl (C=O) groups excluding carboxylic acids is 1. The van der Waals surface area contributed by atoms with Crippen molar-refractivity contribution in [1.82, 2.24) is 9.80 Å². The lowest BCUT2D eigenvalue weighted by Crippen LogP contribution is -2.46. The van der Waals surface area contributed by atoms with E-state index in [0.717, 1.165) is 38.2 Å². The lowest BCUT2D eigenvalue weighted by Gasteiger charge is -2.31. The van der Waals surface area contributed by atoms with Gasteiger partial charge >= 0.3 is 0 Å². The van der Waals surface area contributed by atoms with Crippen LogP contribution in [0.3, 0.4) is 0 Å². The second-order valence-corrected chi connectivity index (χ2v) is 6.86. The summed E-state index contributed by atoms with van der Waals surface area (Å²) in [5, 5.41) is 0. The van der Waals surface area contributed by atoms with E-state index in [1.165, 1.54) is 37.7 Å². The maximum absolute atomic E-state index is 12.4. The van der Waals surface area contributed by atoms with Crippen molar-refractivity contribution in [3.05, 3.63) is 35.4 Å². The molecule has 0 saturated carbocycles. The van der Waals surface area contributed by atoms with Gasteiger partial charge in [-0.2, -0.15) is 0 Å². The third-order valence-electron chi connectivity index (χ3n) is 4.81. The molecule has 0 N–H and O–H groups in total. The van der Waals surface area contributed by atoms with Crippen molar-refractivity contribution in [2.45, 2.75) is 45.4 Å². The van der Waals surface area contributed by atoms with Gasteiger partial charge in [0.2, 0.25) is 0 Å². The quantitative estimate of drug-likeness (QED) is 0.513. The minimum Gasteiger partial charge on any atom is -0.304 e. The Balaban J connectivity index is 1.74. The molecule has 0 bridgehead atoms. The molecule has 0 aliphatic carbocycles. The molecule has 1 aromatic rings. The average Bonchev–Trinajstić information content (AvgIpc) is 2.57. The Hall–Kier alpha value is -1.19. The van der Waals surface area contributed by atoms with E-state index in [2.05, 4.69) is 35.9 Å². The van der Waals surface area contributed by atoms with Crippen LogP contribution in [0.5, 0.6) is 0 Å². The van der Waals surface area contributed by atoms with E-state index in [4.69, 9.17) is 0 Å². The van der Waals surface area contributed by atoms with Gasteiger partial charge < -0.3 is 4.90 Å². The number of nitrogens with zero attached hydrogens (tertiary/aromatic N) is 2. The van der Waals surface area contributed by atoms with Crippen molar-refractivity contribution in [3.63, 3.8) is 0 Å². The van der Waals surface area contributed by atoms with Gasteiger partial charge in [0.25, 0.3) is 0 Å². The number of aryl methyl sites for hydroxylation is 1. The van der Waals surface area contributed by atoms with E-state index in [9.17, 15) is 4.79 Å². The van der Waals surface area contributed by atoms with Crippen molar-refractivity contribution in [2.24, 2.45) is 0 Å². The topological polar surface area (TPSA) is 23.6 Å². The molecule has 2 rings (SSSR count). The number of unbranched alkanes of at least 4 members (excludes halogenated alkanes) is 4. The lowest BCUT2D eigenvalue weighted by molar-refractivity contribution is 0.0876. The molecule has 3 heteroatoms. The highest BCUT2D eigenvalue weighted by Crippen LogP contribution is 2.11. The predicted octanol–water partition coefficient (Wildman–Crippen LogP) is 3.63. The first kappa shape index (κ1) is 18.2. The number of carbonyl (C=O) groups is 1. The number of likely N-dealkylation sites (N-methyl/N-ethyl adjacent to an activating group) is 1. The molecule has 0 atom stereocenters. The molecule has 23 heavy (non-hydrogen) atoms. The third kappa shape index (κ3) is 6.44. The number of hydrogen-bond acceptors (Lipinski definition) is 3. The Morgan fingerprint density at radius 2 is 1.61 bits per heavy atom. The van der Waals surface area contributed by atoms with Crippen LogP contribution in [-0.4, -0.2) is 55.4 Å². The normalized spacial score (nSPS) is 16.6. The molecule has 0 aromatic heterocycles. The maximum Gasteiger partial charge on any atom is 0.176 e. The van der Waals surface area contributed by atoms with Crippen LogP contribution in [0.25, 0.3) is 0 Å². The molecular weight excluding hydrogens is 284 g/mol. The zero-order chi connectivity index (χ0) is 16.5. The number of piperazine rings is 1. The molecule has 1 saturated heterocycles. The Kier molecular flexibility index (Phi) is 7.77. The van der Waals surface area contributed by atoms with E-state index >= 15 is 0 Å². The predicted molar refractivity (Wildman–Crippen MR) is 97.2 cm³/mol. The van der Waals surface area contributed by atoms with E-state index in [-0.39, 0.29) is 5.78 Å². The SMILES string of the molecule is CCCCCCCc1ccc(C(=O)CN2CCN(C)CC2)cc1. The maximum atomic E-state index is 12.4. The van der Waals surface area contributed by atoms with Crippen LogP contribution in [0.4, 0.5) is 0 Å². The van der Waals surface area contributed by atoms with Crippen LogP contribution in [0, 0.1) is 0 Å². The molecular formula is C20H32N2O. The monoisotopic (exact) mass is 316 g/mol. The van der Waals surface area contributed by atoms with Crippen LogP contribution in [0.15, 0.2) is 24.3 Å². The Labute approximate surface area is 141 Å². The summed E-state index contributed by atoms with van der Waals surface area (Å²) in [7, 11) is 2.14. The molecule has 1 fully saturated rings. The standard InChI is InChI=1S/C20H32N2O/c1-3-4-5-6-7-8-18-9-11-19(12-10-18)20(23)17-22-15-13-21(2)14-16-22/h9-12H,3-8,13-17H2,1-2H3. The van der Waals surface area contributed by atoms with Crippen molar-refractivity contribution >= 4 is 5.78 Å². The van der Waals surface area contributed by atoms with E-state index in [1.54, 1.807) is 0 Å². The fourth-order valence-corrected chi connectivity index (χ4v) is 3.09. The van der Waals surface area contributed by atoms with Crippen LogP contribution >= 0.6 is 0 Å². The van der Waals surface area contributed by atoms with Crippen molar-refractivity contribution in [3.8, 4) is 0 Å². The van der Waals surface area contributed by atoms with Gasteiger partial charge in [-0.1, -0.05) is 56.9 Å². The summed E-state index contributed by atoms with van der Waals surface area (Å²) in [5.41, 5.74) is 2.22. The van der Waals surface area contributed by atoms with Gasteiger partial charge in [0, 0.05) is 31.7 Å². The Bertz CT molecular complexity index is 461. The third-order valence-corrected chi connectivity index (χ3v) is 4.81. The summed E-state index contributed by atoms with van der Waals surface area (Å²) < 4.78 is 0. The van der Waals surface area contributed by atoms with Crippen molar-refractivity contribution in [1.29, 1.82) is 0 Å². The van der Waals surface area contributed by atoms with Gasteiger partial charge in [0.05, 0.1) is 6.54 Å². The fraction of sp³-hybridized carbons (Fsp3) is 0.650. The van der Waals surface area contributed by atoms with Gasteiger partial charge in [-0.15, -0.1) is 0 Å². The molecule has 0 amide bonds. The molecule has 0 radical (unpaired) electrons. The zero-order valence-corrected chi connectivity index (χ0v) is 14.9. The summed E-state index contributed by atoms with van der Waals surface area (Å²) >= 11 is 0. The van der Waals surface area contributed by atoms with E-state index in [1.807, 2.05) is 12.1 Å². The van der Waals surface area contributed by atoms with Crippen LogP contribution < -0.4 is 0 Å². The van der Waals surface area contributed by atoms with Crippen LogP contribution in [0.1, 0.15) is 54.9 Å². The van der Waals surface area contributed by atoms with Gasteiger partial charge in [0.15, 0.2) is 5.78 Å². The Morgan fingerprint density at radius 3 is 2.26 bits per heavy atom. The molecule has 1 aliphatic heterocycles. The smallest absolute Gasteiger partial charge is 0.176 e. The summed E-state index contributed by atoms with van der Waals surface area (Å²) in [5.74, 6) is 0.254. The Morgan fingerprint density at radius 1 is 0.957 bits per heavy atom. The molecule has 3 nitrogen and oxygen atoms in total. The average molecular weight is 316 g/mol. The number of benzene rings is 1. The highest BCUT2D eigenvalue weighted by molar-refractivity contribution is 5.97. The van der Waals surface area contributed by atoms with Gasteiger partial charge in [-0.25, -0.2) is 0 Å². The first-order chi connectivity index (χ1) is 11.2. The molecule has 1 aliphatic rings. The largest absolute Gasteiger partial charge is 0.304 e. The number of Topliss-reactive ketones (excluding diaryl/α,β-unsaturated/α-hetero) is 1. The second-order valence-electron chi connectivity index (χ2n) is 6.86. The first-order valence-electron chi connectivity index (χ1n) is 9.22. The summed E-state index contributed by atoms with van der Waals surface area (Å²) in [6.45, 7) is 6.92. The second kappa shape index (κ2) is 9.84. The summed E-state index contributed by atoms with van der Waals surface area (Å²) in [4.78, 5) is 17.0. The lowest BCUT2D eigenvalue weighted by atomic mass is 10.0. The minimum absolute atomic E-state index is 0.254. The summed E-state index contributed by atoms with van der Waals surface area (Å²) in [6.07, 6.45) is 7.70. The molecule has 128 valence electrons. The van der Waals surface area contributed by atoms with Crippen molar-refractivity contribution < 1.29 is 4.79 Å². The van der Waals surface area contributed by atoms with E-state index in [0.29, 0.717) is 6.54 Å². The molecule has 0 unspecified atom stereocenters. The van der Waals surface area contributed by atoms with Crippen LogP contribution in [-0.2, 0) is 6.42 Å². The highest BCUT2D eigenvalue weighted by atomic mass is 16.1. The number of hydrogen-bond donors (Lipinski definition) is 0. The molecule has 0 spiro atoms. The van der Waals surface area contributed by atoms with Gasteiger partial charge in [-0.3, -0.25) is 9.69 Å². The zero-order valence-electron chi connectivity index (χ0n) is 14.9. The van der Waals surface area contributed by atoms with Crippen LogP contribution in [0.2, 0.25) is 0 Å². The summed E-state index contributed by atoms with van der Waals surface area (Å²) in [6, 6.07) is 8.30. The number of rotatable bonds is 9. The van der Waals surface area contributed by atoms with Gasteiger partial charge in [0.1, 0.15) is 0 Å².